The van der Waals surface area contributed by atoms with Crippen molar-refractivity contribution in [3.05, 3.63) is 36.0 Å². The molecular formula is C33H53N3O8. The predicted molar refractivity (Wildman–Crippen MR) is 167 cm³/mol. The van der Waals surface area contributed by atoms with E-state index in [-0.39, 0.29) is 54.6 Å². The highest BCUT2D eigenvalue weighted by atomic mass is 16.6. The van der Waals surface area contributed by atoms with Gasteiger partial charge in [0.15, 0.2) is 0 Å². The zero-order valence-corrected chi connectivity index (χ0v) is 27.6. The highest BCUT2D eigenvalue weighted by Gasteiger charge is 2.64. The number of carbonyl (C=O) groups is 3. The number of rotatable bonds is 13. The van der Waals surface area contributed by atoms with Crippen molar-refractivity contribution in [2.75, 3.05) is 27.2 Å². The number of hydrogen-bond donors (Lipinski definition) is 3. The second-order valence-corrected chi connectivity index (χ2v) is 12.6. The number of esters is 1. The van der Waals surface area contributed by atoms with E-state index < -0.39 is 29.9 Å². The minimum absolute atomic E-state index is 0.00294. The third-order valence-corrected chi connectivity index (χ3v) is 8.90. The molecule has 11 heteroatoms. The first-order valence-corrected chi connectivity index (χ1v) is 15.8. The van der Waals surface area contributed by atoms with Crippen LogP contribution in [0.15, 0.2) is 36.0 Å². The quantitative estimate of drug-likeness (QED) is 0.123. The molecule has 0 aromatic rings. The minimum Gasteiger partial charge on any atom is -0.459 e. The van der Waals surface area contributed by atoms with Crippen molar-refractivity contribution in [1.82, 2.24) is 15.5 Å². The van der Waals surface area contributed by atoms with Crippen molar-refractivity contribution in [2.24, 2.45) is 5.92 Å². The second kappa shape index (κ2) is 16.1. The fraction of sp³-hybridized carbons (Fsp3) is 0.727. The summed E-state index contributed by atoms with van der Waals surface area (Å²) in [5, 5.41) is 17.2. The van der Waals surface area contributed by atoms with Gasteiger partial charge in [-0.3, -0.25) is 14.4 Å². The van der Waals surface area contributed by atoms with Gasteiger partial charge in [0.25, 0.3) is 0 Å². The molecule has 11 nitrogen and oxygen atoms in total. The Morgan fingerprint density at radius 3 is 2.50 bits per heavy atom. The van der Waals surface area contributed by atoms with Crippen LogP contribution >= 0.6 is 0 Å². The number of aliphatic hydroxyl groups is 1. The molecule has 0 bridgehead atoms. The Morgan fingerprint density at radius 1 is 1.16 bits per heavy atom. The Hall–Kier alpha value is -2.57. The van der Waals surface area contributed by atoms with Crippen LogP contribution in [0.5, 0.6) is 0 Å². The highest BCUT2D eigenvalue weighted by molar-refractivity contribution is 5.87. The Bertz CT molecular complexity index is 1090. The summed E-state index contributed by atoms with van der Waals surface area (Å²) in [4.78, 5) is 37.9. The van der Waals surface area contributed by atoms with E-state index in [0.29, 0.717) is 25.9 Å². The van der Waals surface area contributed by atoms with Crippen LogP contribution in [0.3, 0.4) is 0 Å². The molecule has 10 unspecified atom stereocenters. The van der Waals surface area contributed by atoms with E-state index in [2.05, 4.69) is 23.6 Å². The molecular weight excluding hydrogens is 566 g/mol. The maximum Gasteiger partial charge on any atom is 0.303 e. The number of amides is 2. The van der Waals surface area contributed by atoms with E-state index >= 15 is 0 Å². The molecule has 3 heterocycles. The lowest BCUT2D eigenvalue weighted by Crippen LogP contribution is -2.51. The summed E-state index contributed by atoms with van der Waals surface area (Å²) in [6.45, 7) is 12.4. The normalized spacial score (nSPS) is 34.7. The maximum absolute atomic E-state index is 12.8. The number of likely N-dealkylation sites (N-methyl/N-ethyl adjacent to an activating group) is 2. The van der Waals surface area contributed by atoms with Crippen LogP contribution in [0.1, 0.15) is 67.2 Å². The molecule has 3 saturated heterocycles. The van der Waals surface area contributed by atoms with Crippen LogP contribution in [-0.4, -0.2) is 109 Å². The van der Waals surface area contributed by atoms with Gasteiger partial charge in [0, 0.05) is 39.6 Å². The topological polar surface area (TPSA) is 139 Å². The molecule has 1 spiro atoms. The molecule has 0 radical (unpaired) electrons. The Labute approximate surface area is 262 Å². The van der Waals surface area contributed by atoms with Gasteiger partial charge < -0.3 is 39.6 Å². The molecule has 3 fully saturated rings. The van der Waals surface area contributed by atoms with E-state index in [1.165, 1.54) is 13.0 Å². The molecule has 0 aliphatic carbocycles. The van der Waals surface area contributed by atoms with Crippen LogP contribution in [0.25, 0.3) is 0 Å². The Morgan fingerprint density at radius 2 is 1.86 bits per heavy atom. The van der Waals surface area contributed by atoms with Crippen molar-refractivity contribution in [1.29, 1.82) is 0 Å². The standard InChI is InChI=1S/C33H53N3O8/c1-20(9-12-28-21(2)17-27(23(4)42-28)35-30(38)14-11-22(3)41-25(6)37)10-13-29-32(40)33(24(5)44-33)19-26(43-29)18-31(39)36(8)16-15-34-7/h9-11,13-14,21-24,26-29,32,34,40H,12,15-19H2,1-8H3,(H,35,38). The van der Waals surface area contributed by atoms with Crippen molar-refractivity contribution in [2.45, 2.75) is 122 Å². The summed E-state index contributed by atoms with van der Waals surface area (Å²) in [6.07, 6.45) is 8.61. The molecule has 10 atom stereocenters. The van der Waals surface area contributed by atoms with Crippen LogP contribution in [0, 0.1) is 5.92 Å². The Balaban J connectivity index is 1.53. The number of nitrogens with zero attached hydrogens (tertiary/aromatic N) is 1. The molecule has 0 aromatic carbocycles. The van der Waals surface area contributed by atoms with Gasteiger partial charge in [-0.25, -0.2) is 0 Å². The third-order valence-electron chi connectivity index (χ3n) is 8.90. The van der Waals surface area contributed by atoms with Gasteiger partial charge >= 0.3 is 5.97 Å². The summed E-state index contributed by atoms with van der Waals surface area (Å²) < 4.78 is 23.4. The molecule has 248 valence electrons. The number of nitrogens with one attached hydrogen (secondary N) is 2. The number of ether oxygens (including phenoxy) is 4. The minimum atomic E-state index is -0.815. The van der Waals surface area contributed by atoms with Crippen LogP contribution < -0.4 is 10.6 Å². The predicted octanol–water partition coefficient (Wildman–Crippen LogP) is 2.43. The van der Waals surface area contributed by atoms with Crippen LogP contribution in [0.4, 0.5) is 0 Å². The molecule has 3 aliphatic heterocycles. The summed E-state index contributed by atoms with van der Waals surface area (Å²) in [5.74, 6) is -0.418. The molecule has 3 rings (SSSR count). The smallest absolute Gasteiger partial charge is 0.303 e. The van der Waals surface area contributed by atoms with E-state index in [1.54, 1.807) is 24.9 Å². The van der Waals surface area contributed by atoms with Gasteiger partial charge in [-0.1, -0.05) is 30.7 Å². The zero-order chi connectivity index (χ0) is 32.6. The Kier molecular flexibility index (Phi) is 13.2. The van der Waals surface area contributed by atoms with Gasteiger partial charge in [0.05, 0.1) is 36.9 Å². The average molecular weight is 620 g/mol. The maximum atomic E-state index is 12.8. The number of allylic oxidation sites excluding steroid dienone is 2. The largest absolute Gasteiger partial charge is 0.459 e. The molecule has 0 aromatic heterocycles. The molecule has 2 amide bonds. The summed E-state index contributed by atoms with van der Waals surface area (Å²) in [5.41, 5.74) is 0.332. The van der Waals surface area contributed by atoms with E-state index in [4.69, 9.17) is 18.9 Å². The fourth-order valence-electron chi connectivity index (χ4n) is 6.03. The van der Waals surface area contributed by atoms with Crippen LogP contribution in [0.2, 0.25) is 0 Å². The number of epoxide rings is 1. The average Bonchev–Trinajstić information content (AvgIpc) is 3.60. The SMILES string of the molecule is CNCCN(C)C(=O)CC1CC2(OC2C)C(O)C(C=CC(C)=CCC2OC(C)C(NC(=O)C=CC(C)OC(C)=O)CC2C)O1. The number of hydrogen-bond acceptors (Lipinski definition) is 9. The van der Waals surface area contributed by atoms with Gasteiger partial charge in [-0.2, -0.15) is 0 Å². The summed E-state index contributed by atoms with van der Waals surface area (Å²) >= 11 is 0. The molecule has 44 heavy (non-hydrogen) atoms. The van der Waals surface area contributed by atoms with E-state index in [9.17, 15) is 19.5 Å². The molecule has 3 aliphatic rings. The fourth-order valence-corrected chi connectivity index (χ4v) is 6.03. The highest BCUT2D eigenvalue weighted by Crippen LogP contribution is 2.49. The van der Waals surface area contributed by atoms with Crippen LogP contribution in [-0.2, 0) is 33.3 Å². The van der Waals surface area contributed by atoms with Crippen molar-refractivity contribution < 1.29 is 38.4 Å². The van der Waals surface area contributed by atoms with Gasteiger partial charge in [-0.05, 0) is 59.6 Å². The molecule has 3 N–H and O–H groups in total. The molecule has 0 saturated carbocycles. The third kappa shape index (κ3) is 9.97. The van der Waals surface area contributed by atoms with E-state index in [0.717, 1.165) is 12.0 Å². The van der Waals surface area contributed by atoms with Crippen molar-refractivity contribution in [3.63, 3.8) is 0 Å². The monoisotopic (exact) mass is 619 g/mol. The first kappa shape index (κ1) is 35.9. The number of carbonyl (C=O) groups excluding carboxylic acids is 3. The second-order valence-electron chi connectivity index (χ2n) is 12.6. The van der Waals surface area contributed by atoms with Crippen molar-refractivity contribution >= 4 is 17.8 Å². The first-order chi connectivity index (χ1) is 20.7. The summed E-state index contributed by atoms with van der Waals surface area (Å²) in [6, 6.07) is -0.125. The lowest BCUT2D eigenvalue weighted by Gasteiger charge is -2.39. The van der Waals surface area contributed by atoms with Gasteiger partial charge in [0.1, 0.15) is 23.9 Å². The van der Waals surface area contributed by atoms with Gasteiger partial charge in [-0.15, -0.1) is 0 Å². The summed E-state index contributed by atoms with van der Waals surface area (Å²) in [7, 11) is 3.64. The van der Waals surface area contributed by atoms with E-state index in [1.807, 2.05) is 40.0 Å². The van der Waals surface area contributed by atoms with Gasteiger partial charge in [0.2, 0.25) is 11.8 Å². The number of aliphatic hydroxyl groups excluding tert-OH is 1. The lowest BCUT2D eigenvalue weighted by atomic mass is 9.84. The van der Waals surface area contributed by atoms with Crippen molar-refractivity contribution in [3.8, 4) is 0 Å². The zero-order valence-electron chi connectivity index (χ0n) is 27.6. The first-order valence-electron chi connectivity index (χ1n) is 15.8. The lowest BCUT2D eigenvalue weighted by molar-refractivity contribution is -0.150.